The van der Waals surface area contributed by atoms with Gasteiger partial charge in [-0.2, -0.15) is 15.3 Å². The zero-order chi connectivity index (χ0) is 33.0. The molecule has 0 spiro atoms. The molecule has 0 bridgehead atoms. The van der Waals surface area contributed by atoms with Crippen LogP contribution < -0.4 is 15.1 Å². The molecule has 12 heteroatoms. The molecule has 2 unspecified atom stereocenters. The van der Waals surface area contributed by atoms with Gasteiger partial charge in [0, 0.05) is 17.0 Å². The van der Waals surface area contributed by atoms with Crippen LogP contribution in [-0.4, -0.2) is 58.2 Å². The van der Waals surface area contributed by atoms with Crippen LogP contribution in [0.1, 0.15) is 46.8 Å². The summed E-state index contributed by atoms with van der Waals surface area (Å²) in [7, 11) is 1.67. The van der Waals surface area contributed by atoms with E-state index in [1.54, 1.807) is 29.2 Å². The number of aliphatic hydroxyl groups is 1. The first-order chi connectivity index (χ1) is 22.1. The average molecular weight is 646 g/mol. The molecular weight excluding hydrogens is 610 g/mol. The van der Waals surface area contributed by atoms with E-state index in [4.69, 9.17) is 9.72 Å². The highest BCUT2D eigenvalue weighted by Crippen LogP contribution is 2.38. The fourth-order valence-electron chi connectivity index (χ4n) is 5.41. The normalized spacial score (nSPS) is 15.1. The molecule has 5 rings (SSSR count). The molecule has 46 heavy (non-hydrogen) atoms. The number of carbonyl (C=O) groups excluding carboxylic acids is 1. The number of halogens is 2. The maximum absolute atomic E-state index is 15.5. The van der Waals surface area contributed by atoms with Gasteiger partial charge in [-0.15, -0.1) is 11.3 Å². The van der Waals surface area contributed by atoms with Crippen molar-refractivity contribution in [3.63, 3.8) is 0 Å². The molecule has 2 N–H and O–H groups in total. The SMILES string of the molecule is CCC(O)CN1C=[N+](Cc2cc(C)c(OC(=O)CNC)c(C)c2)C(c2nc(-c3ccc(C#N)cc3)cs2)N1c1ccc(F)cc1F. The Hall–Kier alpha value is -4.70. The van der Waals surface area contributed by atoms with E-state index in [9.17, 15) is 19.6 Å². The predicted octanol–water partition coefficient (Wildman–Crippen LogP) is 5.45. The molecule has 1 aromatic heterocycles. The van der Waals surface area contributed by atoms with E-state index in [2.05, 4.69) is 11.4 Å². The number of esters is 1. The summed E-state index contributed by atoms with van der Waals surface area (Å²) >= 11 is 1.39. The van der Waals surface area contributed by atoms with Gasteiger partial charge in [-0.1, -0.05) is 19.1 Å². The van der Waals surface area contributed by atoms with Crippen LogP contribution in [0.3, 0.4) is 0 Å². The first kappa shape index (κ1) is 32.7. The van der Waals surface area contributed by atoms with Gasteiger partial charge in [-0.3, -0.25) is 4.79 Å². The van der Waals surface area contributed by atoms with Crippen LogP contribution in [0, 0.1) is 36.8 Å². The van der Waals surface area contributed by atoms with Crippen molar-refractivity contribution in [3.05, 3.63) is 98.9 Å². The summed E-state index contributed by atoms with van der Waals surface area (Å²) in [5.74, 6) is -1.34. The number of thiazole rings is 1. The van der Waals surface area contributed by atoms with Crippen LogP contribution >= 0.6 is 11.3 Å². The lowest BCUT2D eigenvalue weighted by molar-refractivity contribution is -0.575. The van der Waals surface area contributed by atoms with Crippen LogP contribution in [0.2, 0.25) is 0 Å². The molecule has 0 fully saturated rings. The lowest BCUT2D eigenvalue weighted by Crippen LogP contribution is -2.44. The molecule has 1 aliphatic rings. The fourth-order valence-corrected chi connectivity index (χ4v) is 6.34. The summed E-state index contributed by atoms with van der Waals surface area (Å²) in [6, 6.07) is 16.5. The van der Waals surface area contributed by atoms with Gasteiger partial charge in [0.2, 0.25) is 0 Å². The number of benzene rings is 3. The van der Waals surface area contributed by atoms with Gasteiger partial charge in [0.05, 0.1) is 30.0 Å². The lowest BCUT2D eigenvalue weighted by atomic mass is 10.1. The van der Waals surface area contributed by atoms with Crippen molar-refractivity contribution in [2.45, 2.75) is 46.0 Å². The molecule has 2 atom stereocenters. The minimum Gasteiger partial charge on any atom is -0.425 e. The fraction of sp³-hybridized carbons (Fsp3) is 0.294. The number of hydrogen-bond donors (Lipinski definition) is 2. The van der Waals surface area contributed by atoms with Gasteiger partial charge in [-0.25, -0.2) is 18.3 Å². The number of carbonyl (C=O) groups is 1. The molecule has 0 radical (unpaired) electrons. The number of hydrogen-bond acceptors (Lipinski definition) is 9. The van der Waals surface area contributed by atoms with E-state index in [0.717, 1.165) is 28.3 Å². The number of rotatable bonds is 11. The lowest BCUT2D eigenvalue weighted by Gasteiger charge is -2.28. The van der Waals surface area contributed by atoms with Crippen LogP contribution in [-0.2, 0) is 11.3 Å². The Morgan fingerprint density at radius 1 is 1.17 bits per heavy atom. The number of ether oxygens (including phenoxy) is 1. The van der Waals surface area contributed by atoms with E-state index in [1.807, 2.05) is 61.3 Å². The maximum atomic E-state index is 15.5. The van der Waals surface area contributed by atoms with Crippen molar-refractivity contribution in [1.29, 1.82) is 5.26 Å². The molecule has 0 amide bonds. The molecule has 2 heterocycles. The Morgan fingerprint density at radius 3 is 2.52 bits per heavy atom. The third-order valence-corrected chi connectivity index (χ3v) is 8.49. The Bertz CT molecular complexity index is 1780. The number of anilines is 1. The Labute approximate surface area is 270 Å². The van der Waals surface area contributed by atoms with Gasteiger partial charge in [0.1, 0.15) is 30.3 Å². The number of aliphatic hydroxyl groups excluding tert-OH is 1. The largest absolute Gasteiger partial charge is 0.425 e. The summed E-state index contributed by atoms with van der Waals surface area (Å²) in [6.07, 6.45) is 0.918. The first-order valence-electron chi connectivity index (χ1n) is 14.8. The van der Waals surface area contributed by atoms with Crippen LogP contribution in [0.15, 0.2) is 60.0 Å². The van der Waals surface area contributed by atoms with E-state index in [-0.39, 0.29) is 18.8 Å². The summed E-state index contributed by atoms with van der Waals surface area (Å²) in [6.45, 7) is 6.21. The Morgan fingerprint density at radius 2 is 1.89 bits per heavy atom. The van der Waals surface area contributed by atoms with Crippen LogP contribution in [0.4, 0.5) is 14.5 Å². The second-order valence-corrected chi connectivity index (χ2v) is 12.0. The van der Waals surface area contributed by atoms with E-state index in [1.165, 1.54) is 23.5 Å². The zero-order valence-corrected chi connectivity index (χ0v) is 26.8. The summed E-state index contributed by atoms with van der Waals surface area (Å²) in [5.41, 5.74) is 4.65. The molecule has 0 aliphatic carbocycles. The van der Waals surface area contributed by atoms with Crippen molar-refractivity contribution in [2.24, 2.45) is 0 Å². The third kappa shape index (κ3) is 7.07. The molecule has 9 nitrogen and oxygen atoms in total. The highest BCUT2D eigenvalue weighted by molar-refractivity contribution is 7.10. The minimum absolute atomic E-state index is 0.0819. The number of hydrazine groups is 1. The van der Waals surface area contributed by atoms with Gasteiger partial charge in [0.25, 0.3) is 12.5 Å². The van der Waals surface area contributed by atoms with Gasteiger partial charge in [-0.05, 0) is 80.4 Å². The highest BCUT2D eigenvalue weighted by Gasteiger charge is 2.45. The topological polar surface area (TPSA) is 105 Å². The standard InChI is InChI=1S/C34H35F2N6O3S/c1-5-27(43)18-41-20-40(17-24-12-21(2)32(22(3)13-24)45-31(44)16-38-4)34(42(41)30-11-10-26(35)14-28(30)36)33-39-29(19-46-33)25-8-6-23(15-37)7-9-25/h6-14,19-20,27,34,38,43H,5,16-18H2,1-4H3/q+1. The van der Waals surface area contributed by atoms with Gasteiger partial charge in [0.15, 0.2) is 10.8 Å². The molecule has 238 valence electrons. The summed E-state index contributed by atoms with van der Waals surface area (Å²) in [4.78, 5) is 17.1. The van der Waals surface area contributed by atoms with E-state index < -0.39 is 29.9 Å². The molecule has 3 aromatic carbocycles. The number of β-amino-alcohol motifs (C(OH)–C–C–N with tert-alkyl or cyclic N) is 1. The monoisotopic (exact) mass is 645 g/mol. The van der Waals surface area contributed by atoms with Gasteiger partial charge >= 0.3 is 5.97 Å². The number of nitrogens with one attached hydrogen (secondary N) is 1. The van der Waals surface area contributed by atoms with Crippen molar-refractivity contribution in [3.8, 4) is 23.1 Å². The Balaban J connectivity index is 1.58. The number of likely N-dealkylation sites (N-methyl/N-ethyl adjacent to an activating group) is 1. The summed E-state index contributed by atoms with van der Waals surface area (Å²) < 4.78 is 37.1. The quantitative estimate of drug-likeness (QED) is 0.126. The maximum Gasteiger partial charge on any atom is 0.325 e. The van der Waals surface area contributed by atoms with Crippen molar-refractivity contribution >= 4 is 29.3 Å². The minimum atomic E-state index is -0.750. The smallest absolute Gasteiger partial charge is 0.325 e. The van der Waals surface area contributed by atoms with Crippen LogP contribution in [0.5, 0.6) is 5.75 Å². The number of aryl methyl sites for hydroxylation is 2. The van der Waals surface area contributed by atoms with Crippen molar-refractivity contribution < 1.29 is 28.0 Å². The predicted molar refractivity (Wildman–Crippen MR) is 172 cm³/mol. The second-order valence-electron chi connectivity index (χ2n) is 11.1. The van der Waals surface area contributed by atoms with E-state index >= 15 is 4.39 Å². The third-order valence-electron chi connectivity index (χ3n) is 7.60. The second kappa shape index (κ2) is 14.2. The Kier molecular flexibility index (Phi) is 10.1. The average Bonchev–Trinajstić information content (AvgIpc) is 3.64. The molecule has 0 saturated carbocycles. The number of nitriles is 1. The molecule has 0 saturated heterocycles. The van der Waals surface area contributed by atoms with E-state index in [0.29, 0.717) is 35.0 Å². The molecule has 1 aliphatic heterocycles. The van der Waals surface area contributed by atoms with Crippen LogP contribution in [0.25, 0.3) is 11.3 Å². The zero-order valence-electron chi connectivity index (χ0n) is 26.0. The highest BCUT2D eigenvalue weighted by atomic mass is 32.1. The number of nitrogens with zero attached hydrogens (tertiary/aromatic N) is 5. The first-order valence-corrected chi connectivity index (χ1v) is 15.7. The molecular formula is C34H35F2N6O3S+. The van der Waals surface area contributed by atoms with Crippen molar-refractivity contribution in [1.82, 2.24) is 15.3 Å². The number of aromatic nitrogens is 1. The van der Waals surface area contributed by atoms with Crippen molar-refractivity contribution in [2.75, 3.05) is 25.1 Å². The summed E-state index contributed by atoms with van der Waals surface area (Å²) in [5, 5.41) is 28.7. The van der Waals surface area contributed by atoms with Gasteiger partial charge < -0.3 is 15.2 Å². The molecule has 4 aromatic rings.